The maximum Gasteiger partial charge on any atom is 0.276 e. The van der Waals surface area contributed by atoms with Gasteiger partial charge in [-0.25, -0.2) is 4.98 Å². The van der Waals surface area contributed by atoms with Crippen molar-refractivity contribution in [3.8, 4) is 17.1 Å². The second-order valence-electron chi connectivity index (χ2n) is 7.48. The topological polar surface area (TPSA) is 67.6 Å². The summed E-state index contributed by atoms with van der Waals surface area (Å²) in [4.78, 5) is 19.2. The van der Waals surface area contributed by atoms with Crippen LogP contribution in [0, 0.1) is 11.8 Å². The number of carbonyl (C=O) groups is 1. The molecule has 0 unspecified atom stereocenters. The first-order chi connectivity index (χ1) is 13.3. The van der Waals surface area contributed by atoms with E-state index in [4.69, 9.17) is 9.15 Å². The molecule has 2 aliphatic rings. The average molecular weight is 406 g/mol. The maximum atomic E-state index is 13.0. The van der Waals surface area contributed by atoms with E-state index in [9.17, 15) is 4.79 Å². The minimum atomic E-state index is -0.0293. The molecule has 4 rings (SSSR count). The van der Waals surface area contributed by atoms with Gasteiger partial charge in [0.25, 0.3) is 5.91 Å². The van der Waals surface area contributed by atoms with Gasteiger partial charge in [-0.1, -0.05) is 0 Å². The molecule has 3 heterocycles. The van der Waals surface area contributed by atoms with Crippen LogP contribution in [-0.2, 0) is 0 Å². The van der Waals surface area contributed by atoms with Crippen molar-refractivity contribution in [1.29, 1.82) is 0 Å². The number of likely N-dealkylation sites (tertiary alicyclic amines) is 1. The van der Waals surface area contributed by atoms with Gasteiger partial charge in [-0.15, -0.1) is 12.4 Å². The summed E-state index contributed by atoms with van der Waals surface area (Å²) in [6, 6.07) is 7.49. The lowest BCUT2D eigenvalue weighted by Gasteiger charge is -2.37. The lowest BCUT2D eigenvalue weighted by molar-refractivity contribution is 0.0637. The Morgan fingerprint density at radius 1 is 1.11 bits per heavy atom. The molecule has 2 aromatic rings. The maximum absolute atomic E-state index is 13.0. The first-order valence-electron chi connectivity index (χ1n) is 9.84. The van der Waals surface area contributed by atoms with Crippen molar-refractivity contribution >= 4 is 18.3 Å². The molecule has 7 heteroatoms. The minimum Gasteiger partial charge on any atom is -0.497 e. The third-order valence-corrected chi connectivity index (χ3v) is 6.00. The summed E-state index contributed by atoms with van der Waals surface area (Å²) in [5.41, 5.74) is 1.24. The molecule has 0 spiro atoms. The van der Waals surface area contributed by atoms with Crippen LogP contribution in [0.1, 0.15) is 36.2 Å². The fraction of sp³-hybridized carbons (Fsp3) is 0.524. The van der Waals surface area contributed by atoms with Gasteiger partial charge in [0.1, 0.15) is 5.75 Å². The highest BCUT2D eigenvalue weighted by molar-refractivity contribution is 5.97. The van der Waals surface area contributed by atoms with E-state index in [1.54, 1.807) is 7.11 Å². The number of rotatable bonds is 4. The van der Waals surface area contributed by atoms with Crippen LogP contribution in [0.15, 0.2) is 35.1 Å². The van der Waals surface area contributed by atoms with Gasteiger partial charge in [0.15, 0.2) is 17.8 Å². The van der Waals surface area contributed by atoms with Gasteiger partial charge in [0.05, 0.1) is 7.11 Å². The van der Waals surface area contributed by atoms with E-state index in [-0.39, 0.29) is 18.3 Å². The second-order valence-corrected chi connectivity index (χ2v) is 7.48. The molecule has 1 aromatic heterocycles. The van der Waals surface area contributed by atoms with Crippen molar-refractivity contribution in [3.05, 3.63) is 36.4 Å². The van der Waals surface area contributed by atoms with Crippen molar-refractivity contribution in [2.45, 2.75) is 25.7 Å². The van der Waals surface area contributed by atoms with Crippen molar-refractivity contribution in [2.24, 2.45) is 11.8 Å². The fourth-order valence-corrected chi connectivity index (χ4v) is 4.39. The summed E-state index contributed by atoms with van der Waals surface area (Å²) < 4.78 is 10.7. The standard InChI is InChI=1S/C21H27N3O3.ClH/c1-26-18-4-2-17(3-5-18)20-19(23-14-27-20)21(25)24-12-8-16(9-13-24)15-6-10-22-11-7-15;/h2-5,14-16,22H,6-13H2,1H3;1H. The van der Waals surface area contributed by atoms with Crippen LogP contribution in [0.5, 0.6) is 5.75 Å². The quantitative estimate of drug-likeness (QED) is 0.841. The van der Waals surface area contributed by atoms with Gasteiger partial charge >= 0.3 is 0 Å². The van der Waals surface area contributed by atoms with E-state index in [0.717, 1.165) is 62.2 Å². The molecule has 28 heavy (non-hydrogen) atoms. The molecule has 1 amide bonds. The summed E-state index contributed by atoms with van der Waals surface area (Å²) >= 11 is 0. The molecule has 2 fully saturated rings. The van der Waals surface area contributed by atoms with Crippen molar-refractivity contribution in [2.75, 3.05) is 33.3 Å². The van der Waals surface area contributed by atoms with Gasteiger partial charge in [-0.2, -0.15) is 0 Å². The number of nitrogens with zero attached hydrogens (tertiary/aromatic N) is 2. The predicted molar refractivity (Wildman–Crippen MR) is 110 cm³/mol. The van der Waals surface area contributed by atoms with Crippen LogP contribution < -0.4 is 10.1 Å². The third-order valence-electron chi connectivity index (χ3n) is 6.00. The third kappa shape index (κ3) is 4.33. The number of ether oxygens (including phenoxy) is 1. The van der Waals surface area contributed by atoms with E-state index >= 15 is 0 Å². The molecule has 0 aliphatic carbocycles. The van der Waals surface area contributed by atoms with E-state index in [0.29, 0.717) is 11.5 Å². The molecule has 0 atom stereocenters. The molecule has 1 N–H and O–H groups in total. The summed E-state index contributed by atoms with van der Waals surface area (Å²) in [6.45, 7) is 3.88. The Bertz CT molecular complexity index is 763. The first kappa shape index (κ1) is 20.7. The zero-order valence-corrected chi connectivity index (χ0v) is 17.0. The highest BCUT2D eigenvalue weighted by atomic mass is 35.5. The number of hydrogen-bond acceptors (Lipinski definition) is 5. The molecular weight excluding hydrogens is 378 g/mol. The van der Waals surface area contributed by atoms with Crippen LogP contribution in [-0.4, -0.2) is 49.1 Å². The average Bonchev–Trinajstić information content (AvgIpc) is 3.24. The minimum absolute atomic E-state index is 0. The number of amides is 1. The second kappa shape index (κ2) is 9.43. The summed E-state index contributed by atoms with van der Waals surface area (Å²) in [5, 5.41) is 3.44. The zero-order chi connectivity index (χ0) is 18.6. The van der Waals surface area contributed by atoms with Crippen LogP contribution >= 0.6 is 12.4 Å². The monoisotopic (exact) mass is 405 g/mol. The number of halogens is 1. The SMILES string of the molecule is COc1ccc(-c2ocnc2C(=O)N2CCC(C3CCNCC3)CC2)cc1.Cl. The zero-order valence-electron chi connectivity index (χ0n) is 16.2. The Morgan fingerprint density at radius 3 is 2.39 bits per heavy atom. The Kier molecular flexibility index (Phi) is 6.97. The largest absolute Gasteiger partial charge is 0.497 e. The summed E-state index contributed by atoms with van der Waals surface area (Å²) in [7, 11) is 1.63. The highest BCUT2D eigenvalue weighted by Crippen LogP contribution is 2.32. The number of hydrogen-bond donors (Lipinski definition) is 1. The van der Waals surface area contributed by atoms with Crippen LogP contribution in [0.3, 0.4) is 0 Å². The molecule has 152 valence electrons. The smallest absolute Gasteiger partial charge is 0.276 e. The number of methoxy groups -OCH3 is 1. The van der Waals surface area contributed by atoms with Crippen LogP contribution in [0.2, 0.25) is 0 Å². The number of benzene rings is 1. The van der Waals surface area contributed by atoms with Crippen LogP contribution in [0.25, 0.3) is 11.3 Å². The number of piperidine rings is 2. The van der Waals surface area contributed by atoms with E-state index in [2.05, 4.69) is 10.3 Å². The van der Waals surface area contributed by atoms with Gasteiger partial charge in [-0.05, 0) is 74.9 Å². The van der Waals surface area contributed by atoms with Crippen molar-refractivity contribution in [3.63, 3.8) is 0 Å². The Labute approximate surface area is 172 Å². The molecule has 1 aromatic carbocycles. The Hall–Kier alpha value is -2.05. The summed E-state index contributed by atoms with van der Waals surface area (Å²) in [6.07, 6.45) is 6.07. The number of oxazole rings is 1. The number of nitrogens with one attached hydrogen (secondary N) is 1. The summed E-state index contributed by atoms with van der Waals surface area (Å²) in [5.74, 6) is 2.83. The fourth-order valence-electron chi connectivity index (χ4n) is 4.39. The first-order valence-corrected chi connectivity index (χ1v) is 9.84. The lowest BCUT2D eigenvalue weighted by Crippen LogP contribution is -2.42. The molecule has 6 nitrogen and oxygen atoms in total. The lowest BCUT2D eigenvalue weighted by atomic mass is 9.79. The molecule has 2 saturated heterocycles. The molecular formula is C21H28ClN3O3. The van der Waals surface area contributed by atoms with E-state index in [1.807, 2.05) is 29.2 Å². The van der Waals surface area contributed by atoms with Gasteiger partial charge in [-0.3, -0.25) is 4.79 Å². The van der Waals surface area contributed by atoms with Gasteiger partial charge in [0, 0.05) is 18.7 Å². The molecule has 0 saturated carbocycles. The molecule has 0 bridgehead atoms. The predicted octanol–water partition coefficient (Wildman–Crippen LogP) is 3.62. The van der Waals surface area contributed by atoms with E-state index in [1.165, 1.54) is 19.2 Å². The van der Waals surface area contributed by atoms with Crippen molar-refractivity contribution in [1.82, 2.24) is 15.2 Å². The Balaban J connectivity index is 0.00000225. The Morgan fingerprint density at radius 2 is 1.75 bits per heavy atom. The highest BCUT2D eigenvalue weighted by Gasteiger charge is 2.31. The molecule has 2 aliphatic heterocycles. The van der Waals surface area contributed by atoms with Gasteiger partial charge in [0.2, 0.25) is 0 Å². The molecule has 0 radical (unpaired) electrons. The van der Waals surface area contributed by atoms with Crippen molar-refractivity contribution < 1.29 is 13.9 Å². The van der Waals surface area contributed by atoms with E-state index < -0.39 is 0 Å². The van der Waals surface area contributed by atoms with Crippen LogP contribution in [0.4, 0.5) is 0 Å². The normalized spacial score (nSPS) is 18.5. The number of carbonyl (C=O) groups excluding carboxylic acids is 1. The van der Waals surface area contributed by atoms with Gasteiger partial charge < -0.3 is 19.4 Å². The number of aromatic nitrogens is 1.